The van der Waals surface area contributed by atoms with Gasteiger partial charge in [-0.3, -0.25) is 19.3 Å². The molecule has 2 fully saturated rings. The first kappa shape index (κ1) is 22.3. The van der Waals surface area contributed by atoms with Gasteiger partial charge in [-0.2, -0.15) is 5.26 Å². The molecule has 2 aromatic rings. The molecule has 0 bridgehead atoms. The summed E-state index contributed by atoms with van der Waals surface area (Å²) in [5.74, 6) is -0.270. The highest BCUT2D eigenvalue weighted by Crippen LogP contribution is 2.32. The van der Waals surface area contributed by atoms with Crippen molar-refractivity contribution >= 4 is 17.7 Å². The average Bonchev–Trinajstić information content (AvgIpc) is 3.43. The first-order valence-electron chi connectivity index (χ1n) is 11.0. The number of ether oxygens (including phenoxy) is 2. The largest absolute Gasteiger partial charge is 0.493 e. The van der Waals surface area contributed by atoms with E-state index in [1.165, 1.54) is 0 Å². The summed E-state index contributed by atoms with van der Waals surface area (Å²) >= 11 is 0. The molecule has 1 aliphatic heterocycles. The summed E-state index contributed by atoms with van der Waals surface area (Å²) in [4.78, 5) is 39.3. The number of hydrogen-bond donors (Lipinski definition) is 1. The van der Waals surface area contributed by atoms with Crippen LogP contribution in [0.25, 0.3) is 0 Å². The molecule has 33 heavy (non-hydrogen) atoms. The van der Waals surface area contributed by atoms with Gasteiger partial charge in [-0.05, 0) is 61.6 Å². The van der Waals surface area contributed by atoms with Crippen molar-refractivity contribution in [3.63, 3.8) is 0 Å². The number of carbonyl (C=O) groups is 3. The van der Waals surface area contributed by atoms with Gasteiger partial charge in [-0.15, -0.1) is 0 Å². The first-order chi connectivity index (χ1) is 16.0. The number of nitrogens with zero attached hydrogens (tertiary/aromatic N) is 2. The molecule has 1 N–H and O–H groups in total. The van der Waals surface area contributed by atoms with E-state index in [0.717, 1.165) is 30.6 Å². The summed E-state index contributed by atoms with van der Waals surface area (Å²) < 4.78 is 11.4. The number of amides is 3. The minimum absolute atomic E-state index is 0.0570. The maximum atomic E-state index is 12.9. The second-order valence-corrected chi connectivity index (χ2v) is 8.25. The van der Waals surface area contributed by atoms with Crippen LogP contribution in [0.2, 0.25) is 0 Å². The van der Waals surface area contributed by atoms with Crippen LogP contribution in [-0.2, 0) is 16.1 Å². The van der Waals surface area contributed by atoms with Crippen molar-refractivity contribution in [1.29, 1.82) is 5.26 Å². The fraction of sp³-hybridized carbons (Fsp3) is 0.360. The van der Waals surface area contributed by atoms with Crippen LogP contribution in [0.15, 0.2) is 42.5 Å². The number of hydrogen-bond acceptors (Lipinski definition) is 6. The lowest BCUT2D eigenvalue weighted by atomic mass is 10.1. The lowest BCUT2D eigenvalue weighted by Crippen LogP contribution is -2.41. The van der Waals surface area contributed by atoms with Gasteiger partial charge in [0.1, 0.15) is 6.04 Å². The van der Waals surface area contributed by atoms with Crippen molar-refractivity contribution in [3.05, 3.63) is 59.2 Å². The topological polar surface area (TPSA) is 109 Å². The van der Waals surface area contributed by atoms with E-state index >= 15 is 0 Å². The van der Waals surface area contributed by atoms with E-state index in [9.17, 15) is 14.4 Å². The van der Waals surface area contributed by atoms with E-state index < -0.39 is 17.9 Å². The van der Waals surface area contributed by atoms with Crippen LogP contribution in [0.4, 0.5) is 0 Å². The SMILES string of the molecule is COc1ccc(C(=O)N[C@H]2CC(=O)N(Cc3cccc(C#N)c3)C2=O)cc1OC1CCCC1. The minimum atomic E-state index is -0.939. The normalized spacial score (nSPS) is 18.3. The molecule has 0 spiro atoms. The summed E-state index contributed by atoms with van der Waals surface area (Å²) in [7, 11) is 1.54. The second kappa shape index (κ2) is 9.74. The van der Waals surface area contributed by atoms with Crippen LogP contribution in [0.1, 0.15) is 53.6 Å². The van der Waals surface area contributed by atoms with E-state index in [1.807, 2.05) is 6.07 Å². The number of rotatable bonds is 7. The molecule has 8 heteroatoms. The van der Waals surface area contributed by atoms with Crippen molar-refractivity contribution in [2.24, 2.45) is 0 Å². The molecule has 0 radical (unpaired) electrons. The van der Waals surface area contributed by atoms with E-state index in [-0.39, 0.29) is 25.0 Å². The number of methoxy groups -OCH3 is 1. The molecular weight excluding hydrogens is 422 g/mol. The Morgan fingerprint density at radius 1 is 1.15 bits per heavy atom. The fourth-order valence-electron chi connectivity index (χ4n) is 4.22. The average molecular weight is 447 g/mol. The quantitative estimate of drug-likeness (QED) is 0.654. The molecule has 1 atom stereocenters. The second-order valence-electron chi connectivity index (χ2n) is 8.25. The maximum absolute atomic E-state index is 12.9. The highest BCUT2D eigenvalue weighted by Gasteiger charge is 2.39. The van der Waals surface area contributed by atoms with Gasteiger partial charge in [0, 0.05) is 5.56 Å². The third kappa shape index (κ3) is 4.98. The van der Waals surface area contributed by atoms with Crippen molar-refractivity contribution in [2.75, 3.05) is 7.11 Å². The number of likely N-dealkylation sites (tertiary alicyclic amines) is 1. The van der Waals surface area contributed by atoms with Crippen LogP contribution in [0.3, 0.4) is 0 Å². The molecule has 8 nitrogen and oxygen atoms in total. The molecule has 0 aromatic heterocycles. The van der Waals surface area contributed by atoms with Crippen LogP contribution in [-0.4, -0.2) is 41.9 Å². The van der Waals surface area contributed by atoms with Crippen LogP contribution in [0.5, 0.6) is 11.5 Å². The van der Waals surface area contributed by atoms with Crippen LogP contribution < -0.4 is 14.8 Å². The monoisotopic (exact) mass is 447 g/mol. The zero-order valence-electron chi connectivity index (χ0n) is 18.4. The third-order valence-corrected chi connectivity index (χ3v) is 5.97. The molecule has 2 aliphatic rings. The molecule has 2 aromatic carbocycles. The Morgan fingerprint density at radius 2 is 1.94 bits per heavy atom. The summed E-state index contributed by atoms with van der Waals surface area (Å²) in [5, 5.41) is 11.7. The molecular formula is C25H25N3O5. The van der Waals surface area contributed by atoms with Gasteiger partial charge < -0.3 is 14.8 Å². The van der Waals surface area contributed by atoms with Crippen molar-refractivity contribution < 1.29 is 23.9 Å². The zero-order valence-corrected chi connectivity index (χ0v) is 18.4. The Kier molecular flexibility index (Phi) is 6.59. The standard InChI is InChI=1S/C25H25N3O5/c1-32-21-10-9-18(12-22(21)33-19-7-2-3-8-19)24(30)27-20-13-23(29)28(25(20)31)15-17-6-4-5-16(11-17)14-26/h4-6,9-12,19-20H,2-3,7-8,13,15H2,1H3,(H,27,30)/t20-/m0/s1. The van der Waals surface area contributed by atoms with Gasteiger partial charge in [0.15, 0.2) is 11.5 Å². The summed E-state index contributed by atoms with van der Waals surface area (Å²) in [6, 6.07) is 12.7. The van der Waals surface area contributed by atoms with Gasteiger partial charge in [-0.25, -0.2) is 0 Å². The Morgan fingerprint density at radius 3 is 2.67 bits per heavy atom. The Bertz CT molecular complexity index is 1120. The van der Waals surface area contributed by atoms with Crippen molar-refractivity contribution in [2.45, 2.75) is 50.8 Å². The van der Waals surface area contributed by atoms with E-state index in [1.54, 1.807) is 49.6 Å². The number of benzene rings is 2. The number of imide groups is 1. The van der Waals surface area contributed by atoms with E-state index in [4.69, 9.17) is 14.7 Å². The van der Waals surface area contributed by atoms with Crippen molar-refractivity contribution in [3.8, 4) is 17.6 Å². The smallest absolute Gasteiger partial charge is 0.252 e. The predicted octanol–water partition coefficient (Wildman–Crippen LogP) is 2.95. The Balaban J connectivity index is 1.44. The number of nitriles is 1. The molecule has 3 amide bonds. The molecule has 1 aliphatic carbocycles. The number of nitrogens with one attached hydrogen (secondary N) is 1. The molecule has 170 valence electrons. The third-order valence-electron chi connectivity index (χ3n) is 5.97. The van der Waals surface area contributed by atoms with Gasteiger partial charge in [0.2, 0.25) is 5.91 Å². The molecule has 0 unspecified atom stereocenters. The number of carbonyl (C=O) groups excluding carboxylic acids is 3. The first-order valence-corrected chi connectivity index (χ1v) is 11.0. The van der Waals surface area contributed by atoms with Crippen LogP contribution in [0, 0.1) is 11.3 Å². The Hall–Kier alpha value is -3.86. The predicted molar refractivity (Wildman–Crippen MR) is 118 cm³/mol. The summed E-state index contributed by atoms with van der Waals surface area (Å²) in [6.07, 6.45) is 4.14. The lowest BCUT2D eigenvalue weighted by molar-refractivity contribution is -0.139. The lowest BCUT2D eigenvalue weighted by Gasteiger charge is -2.18. The molecule has 4 rings (SSSR count). The highest BCUT2D eigenvalue weighted by atomic mass is 16.5. The molecule has 1 saturated heterocycles. The fourth-order valence-corrected chi connectivity index (χ4v) is 4.22. The van der Waals surface area contributed by atoms with Crippen molar-refractivity contribution in [1.82, 2.24) is 10.2 Å². The van der Waals surface area contributed by atoms with E-state index in [2.05, 4.69) is 5.32 Å². The summed E-state index contributed by atoms with van der Waals surface area (Å²) in [6.45, 7) is 0.0570. The van der Waals surface area contributed by atoms with Crippen LogP contribution >= 0.6 is 0 Å². The van der Waals surface area contributed by atoms with Gasteiger partial charge in [0.05, 0.1) is 37.8 Å². The maximum Gasteiger partial charge on any atom is 0.252 e. The Labute approximate surface area is 192 Å². The molecule has 1 heterocycles. The highest BCUT2D eigenvalue weighted by molar-refractivity contribution is 6.08. The minimum Gasteiger partial charge on any atom is -0.493 e. The zero-order chi connectivity index (χ0) is 23.4. The summed E-state index contributed by atoms with van der Waals surface area (Å²) in [5.41, 5.74) is 1.45. The van der Waals surface area contributed by atoms with Gasteiger partial charge >= 0.3 is 0 Å². The van der Waals surface area contributed by atoms with Gasteiger partial charge in [-0.1, -0.05) is 12.1 Å². The van der Waals surface area contributed by atoms with Gasteiger partial charge in [0.25, 0.3) is 11.8 Å². The molecule has 1 saturated carbocycles. The van der Waals surface area contributed by atoms with E-state index in [0.29, 0.717) is 28.2 Å².